The van der Waals surface area contributed by atoms with E-state index >= 15 is 0 Å². The number of nitrogens with two attached hydrogens (primary N) is 2. The lowest BCUT2D eigenvalue weighted by Gasteiger charge is -2.15. The molecule has 0 bridgehead atoms. The van der Waals surface area contributed by atoms with Gasteiger partial charge in [0.2, 0.25) is 0 Å². The zero-order valence-corrected chi connectivity index (χ0v) is 7.25. The Labute approximate surface area is 78.9 Å². The van der Waals surface area contributed by atoms with Crippen LogP contribution in [0.5, 0.6) is 0 Å². The second-order valence-electron chi connectivity index (χ2n) is 2.89. The Morgan fingerprint density at radius 2 is 2.07 bits per heavy atom. The summed E-state index contributed by atoms with van der Waals surface area (Å²) in [4.78, 5) is 3.73. The fraction of sp³-hybridized carbons (Fsp3) is 0.375. The molecular formula is C8H10F3N3. The van der Waals surface area contributed by atoms with Crippen molar-refractivity contribution in [3.05, 3.63) is 24.0 Å². The maximum atomic E-state index is 12.1. The number of halogens is 3. The van der Waals surface area contributed by atoms with Crippen molar-refractivity contribution in [2.24, 2.45) is 5.73 Å². The topological polar surface area (TPSA) is 64.9 Å². The highest BCUT2D eigenvalue weighted by Gasteiger charge is 2.37. The van der Waals surface area contributed by atoms with Gasteiger partial charge in [-0.1, -0.05) is 0 Å². The predicted molar refractivity (Wildman–Crippen MR) is 46.4 cm³/mol. The normalized spacial score (nSPS) is 14.0. The van der Waals surface area contributed by atoms with Gasteiger partial charge in [-0.15, -0.1) is 0 Å². The second kappa shape index (κ2) is 3.83. The van der Waals surface area contributed by atoms with Crippen LogP contribution in [0.25, 0.3) is 0 Å². The van der Waals surface area contributed by atoms with E-state index in [-0.39, 0.29) is 11.4 Å². The first kappa shape index (κ1) is 10.8. The molecule has 1 aromatic heterocycles. The lowest BCUT2D eigenvalue weighted by Crippen LogP contribution is -2.39. The Balaban J connectivity index is 2.75. The Bertz CT molecular complexity index is 311. The summed E-state index contributed by atoms with van der Waals surface area (Å²) in [7, 11) is 0. The largest absolute Gasteiger partial charge is 0.404 e. The highest BCUT2D eigenvalue weighted by atomic mass is 19.4. The molecule has 0 amide bonds. The zero-order chi connectivity index (χ0) is 10.8. The minimum Gasteiger partial charge on any atom is -0.397 e. The van der Waals surface area contributed by atoms with Gasteiger partial charge in [-0.25, -0.2) is 0 Å². The van der Waals surface area contributed by atoms with Crippen LogP contribution in [-0.2, 0) is 6.42 Å². The quantitative estimate of drug-likeness (QED) is 0.759. The van der Waals surface area contributed by atoms with E-state index in [0.717, 1.165) is 0 Å². The van der Waals surface area contributed by atoms with E-state index in [1.165, 1.54) is 12.3 Å². The smallest absolute Gasteiger partial charge is 0.397 e. The summed E-state index contributed by atoms with van der Waals surface area (Å²) in [6.07, 6.45) is -3.42. The van der Waals surface area contributed by atoms with Gasteiger partial charge in [-0.05, 0) is 12.1 Å². The average molecular weight is 205 g/mol. The Kier molecular flexibility index (Phi) is 2.95. The van der Waals surface area contributed by atoms with Crippen LogP contribution in [0.1, 0.15) is 5.69 Å². The monoisotopic (exact) mass is 205 g/mol. The highest BCUT2D eigenvalue weighted by Crippen LogP contribution is 2.22. The molecule has 0 saturated carbocycles. The third-order valence-electron chi connectivity index (χ3n) is 1.76. The molecule has 1 aromatic rings. The molecule has 1 heterocycles. The first-order valence-corrected chi connectivity index (χ1v) is 3.93. The fourth-order valence-corrected chi connectivity index (χ4v) is 0.945. The number of anilines is 1. The first-order chi connectivity index (χ1) is 6.41. The van der Waals surface area contributed by atoms with Crippen molar-refractivity contribution in [3.63, 3.8) is 0 Å². The molecule has 0 spiro atoms. The van der Waals surface area contributed by atoms with Crippen LogP contribution in [0.3, 0.4) is 0 Å². The SMILES string of the molecule is Nc1cccnc1CC(N)C(F)(F)F. The molecule has 1 atom stereocenters. The van der Waals surface area contributed by atoms with Crippen molar-refractivity contribution in [3.8, 4) is 0 Å². The van der Waals surface area contributed by atoms with Crippen LogP contribution in [0.15, 0.2) is 18.3 Å². The molecule has 0 aliphatic carbocycles. The van der Waals surface area contributed by atoms with Crippen molar-refractivity contribution in [2.75, 3.05) is 5.73 Å². The van der Waals surface area contributed by atoms with Gasteiger partial charge in [-0.3, -0.25) is 4.98 Å². The van der Waals surface area contributed by atoms with Crippen LogP contribution < -0.4 is 11.5 Å². The Morgan fingerprint density at radius 3 is 2.57 bits per heavy atom. The van der Waals surface area contributed by atoms with Gasteiger partial charge in [0.05, 0.1) is 11.4 Å². The van der Waals surface area contributed by atoms with Crippen molar-refractivity contribution < 1.29 is 13.2 Å². The van der Waals surface area contributed by atoms with E-state index in [1.54, 1.807) is 6.07 Å². The number of alkyl halides is 3. The van der Waals surface area contributed by atoms with Crippen LogP contribution in [-0.4, -0.2) is 17.2 Å². The van der Waals surface area contributed by atoms with E-state index < -0.39 is 18.6 Å². The summed E-state index contributed by atoms with van der Waals surface area (Å²) >= 11 is 0. The number of pyridine rings is 1. The van der Waals surface area contributed by atoms with Crippen LogP contribution in [0.4, 0.5) is 18.9 Å². The molecule has 1 unspecified atom stereocenters. The second-order valence-corrected chi connectivity index (χ2v) is 2.89. The molecule has 1 rings (SSSR count). The van der Waals surface area contributed by atoms with E-state index in [4.69, 9.17) is 11.5 Å². The maximum Gasteiger partial charge on any atom is 0.404 e. The van der Waals surface area contributed by atoms with Gasteiger partial charge in [0, 0.05) is 12.6 Å². The number of hydrogen-bond acceptors (Lipinski definition) is 3. The first-order valence-electron chi connectivity index (χ1n) is 3.93. The summed E-state index contributed by atoms with van der Waals surface area (Å²) in [6, 6.07) is 1.13. The Hall–Kier alpha value is -1.30. The van der Waals surface area contributed by atoms with E-state index in [0.29, 0.717) is 0 Å². The van der Waals surface area contributed by atoms with Gasteiger partial charge < -0.3 is 11.5 Å². The standard InChI is InChI=1S/C8H10F3N3/c9-8(10,11)7(13)4-6-5(12)2-1-3-14-6/h1-3,7H,4,12-13H2. The van der Waals surface area contributed by atoms with Gasteiger partial charge >= 0.3 is 6.18 Å². The lowest BCUT2D eigenvalue weighted by atomic mass is 10.1. The third-order valence-corrected chi connectivity index (χ3v) is 1.76. The van der Waals surface area contributed by atoms with Gasteiger partial charge in [-0.2, -0.15) is 13.2 Å². The number of hydrogen-bond donors (Lipinski definition) is 2. The van der Waals surface area contributed by atoms with E-state index in [1.807, 2.05) is 0 Å². The fourth-order valence-electron chi connectivity index (χ4n) is 0.945. The molecule has 6 heteroatoms. The third kappa shape index (κ3) is 2.59. The number of aromatic nitrogens is 1. The molecule has 0 aliphatic heterocycles. The molecule has 0 radical (unpaired) electrons. The Morgan fingerprint density at radius 1 is 1.43 bits per heavy atom. The summed E-state index contributed by atoms with van der Waals surface area (Å²) in [6.45, 7) is 0. The van der Waals surface area contributed by atoms with Crippen LogP contribution in [0.2, 0.25) is 0 Å². The maximum absolute atomic E-state index is 12.1. The summed E-state index contributed by atoms with van der Waals surface area (Å²) < 4.78 is 36.2. The molecule has 4 N–H and O–H groups in total. The van der Waals surface area contributed by atoms with Crippen LogP contribution in [0, 0.1) is 0 Å². The van der Waals surface area contributed by atoms with Crippen molar-refractivity contribution in [1.82, 2.24) is 4.98 Å². The predicted octanol–water partition coefficient (Wildman–Crippen LogP) is 1.10. The number of nitrogen functional groups attached to an aromatic ring is 1. The van der Waals surface area contributed by atoms with E-state index in [2.05, 4.69) is 4.98 Å². The van der Waals surface area contributed by atoms with Crippen molar-refractivity contribution in [1.29, 1.82) is 0 Å². The van der Waals surface area contributed by atoms with Crippen molar-refractivity contribution >= 4 is 5.69 Å². The minimum atomic E-state index is -4.41. The molecule has 78 valence electrons. The molecule has 0 fully saturated rings. The minimum absolute atomic E-state index is 0.178. The number of nitrogens with zero attached hydrogens (tertiary/aromatic N) is 1. The summed E-state index contributed by atoms with van der Waals surface area (Å²) in [5.74, 6) is 0. The molecule has 0 aromatic carbocycles. The molecule has 0 saturated heterocycles. The molecular weight excluding hydrogens is 195 g/mol. The van der Waals surface area contributed by atoms with Gasteiger partial charge in [0.15, 0.2) is 0 Å². The number of rotatable bonds is 2. The van der Waals surface area contributed by atoms with Gasteiger partial charge in [0.25, 0.3) is 0 Å². The van der Waals surface area contributed by atoms with Gasteiger partial charge in [0.1, 0.15) is 6.04 Å². The van der Waals surface area contributed by atoms with Crippen LogP contribution >= 0.6 is 0 Å². The summed E-state index contributed by atoms with van der Waals surface area (Å²) in [5, 5.41) is 0. The zero-order valence-electron chi connectivity index (χ0n) is 7.25. The summed E-state index contributed by atoms with van der Waals surface area (Å²) in [5.41, 5.74) is 10.8. The van der Waals surface area contributed by atoms with Crippen molar-refractivity contribution in [2.45, 2.75) is 18.6 Å². The lowest BCUT2D eigenvalue weighted by molar-refractivity contribution is -0.147. The highest BCUT2D eigenvalue weighted by molar-refractivity contribution is 5.42. The van der Waals surface area contributed by atoms with E-state index in [9.17, 15) is 13.2 Å². The molecule has 0 aliphatic rings. The molecule has 14 heavy (non-hydrogen) atoms. The average Bonchev–Trinajstić information content (AvgIpc) is 2.07. The molecule has 3 nitrogen and oxygen atoms in total.